The van der Waals surface area contributed by atoms with Gasteiger partial charge in [0.15, 0.2) is 11.6 Å². The number of alkyl halides is 1. The van der Waals surface area contributed by atoms with Gasteiger partial charge in [0.25, 0.3) is 0 Å². The van der Waals surface area contributed by atoms with Crippen LogP contribution in [-0.2, 0) is 9.59 Å². The molecule has 1 N–H and O–H groups in total. The number of fused-ring (bicyclic) bond motifs is 1. The van der Waals surface area contributed by atoms with Gasteiger partial charge in [-0.2, -0.15) is 0 Å². The molecule has 1 aromatic rings. The summed E-state index contributed by atoms with van der Waals surface area (Å²) in [6.07, 6.45) is 5.67. The van der Waals surface area contributed by atoms with Crippen molar-refractivity contribution in [3.63, 3.8) is 0 Å². The molecule has 0 aliphatic heterocycles. The number of Topliss-reactive ketones (excluding diaryl/α,β-unsaturated/α-hetero) is 1. The fraction of sp³-hybridized carbons (Fsp3) is 0.263. The summed E-state index contributed by atoms with van der Waals surface area (Å²) in [4.78, 5) is 25.4. The third-order valence-corrected chi connectivity index (χ3v) is 6.14. The molecule has 0 heterocycles. The number of hydrogen-bond donors (Lipinski definition) is 1. The Balaban J connectivity index is 2.21. The second-order valence-electron chi connectivity index (χ2n) is 6.04. The number of hydrogen-bond acceptors (Lipinski definition) is 3. The summed E-state index contributed by atoms with van der Waals surface area (Å²) in [6, 6.07) is 6.75. The van der Waals surface area contributed by atoms with E-state index in [1.54, 1.807) is 37.3 Å². The summed E-state index contributed by atoms with van der Waals surface area (Å²) >= 11 is 3.64. The molecule has 3 atom stereocenters. The van der Waals surface area contributed by atoms with Gasteiger partial charge < -0.3 is 5.11 Å². The summed E-state index contributed by atoms with van der Waals surface area (Å²) < 4.78 is -1.00. The smallest absolute Gasteiger partial charge is 0.174 e. The number of phenolic OH excluding ortho intramolecular Hbond substituents is 1. The molecule has 0 radical (unpaired) electrons. The minimum atomic E-state index is -1.00. The molecular formula is C19H17BrO3. The lowest BCUT2D eigenvalue weighted by atomic mass is 9.63. The monoisotopic (exact) mass is 372 g/mol. The van der Waals surface area contributed by atoms with E-state index in [2.05, 4.69) is 22.5 Å². The predicted octanol–water partition coefficient (Wildman–Crippen LogP) is 3.84. The molecule has 0 fully saturated rings. The molecular weight excluding hydrogens is 356 g/mol. The molecule has 0 spiro atoms. The highest BCUT2D eigenvalue weighted by Gasteiger charge is 2.56. The summed E-state index contributed by atoms with van der Waals surface area (Å²) in [5.74, 6) is -0.673. The average molecular weight is 373 g/mol. The number of halogens is 1. The van der Waals surface area contributed by atoms with Crippen LogP contribution in [0.3, 0.4) is 0 Å². The molecule has 3 rings (SSSR count). The zero-order valence-corrected chi connectivity index (χ0v) is 14.3. The fourth-order valence-corrected chi connectivity index (χ4v) is 4.59. The first-order valence-corrected chi connectivity index (χ1v) is 8.26. The van der Waals surface area contributed by atoms with Crippen LogP contribution in [0.4, 0.5) is 0 Å². The van der Waals surface area contributed by atoms with E-state index in [1.165, 1.54) is 6.08 Å². The molecule has 118 valence electrons. The maximum atomic E-state index is 12.8. The maximum Gasteiger partial charge on any atom is 0.174 e. The van der Waals surface area contributed by atoms with Crippen LogP contribution in [0, 0.1) is 5.92 Å². The molecule has 23 heavy (non-hydrogen) atoms. The Morgan fingerprint density at radius 1 is 1.30 bits per heavy atom. The quantitative estimate of drug-likeness (QED) is 0.802. The Hall–Kier alpha value is -1.94. The van der Waals surface area contributed by atoms with Crippen molar-refractivity contribution in [2.45, 2.75) is 23.6 Å². The molecule has 0 saturated heterocycles. The lowest BCUT2D eigenvalue weighted by Crippen LogP contribution is -2.52. The lowest BCUT2D eigenvalue weighted by Gasteiger charge is -2.45. The summed E-state index contributed by atoms with van der Waals surface area (Å²) in [7, 11) is 0. The van der Waals surface area contributed by atoms with Crippen molar-refractivity contribution in [3.05, 3.63) is 65.8 Å². The highest BCUT2D eigenvalue weighted by atomic mass is 79.9. The molecule has 2 aliphatic carbocycles. The molecule has 4 heteroatoms. The van der Waals surface area contributed by atoms with Gasteiger partial charge in [-0.3, -0.25) is 9.59 Å². The van der Waals surface area contributed by atoms with Gasteiger partial charge in [-0.1, -0.05) is 46.8 Å². The number of benzene rings is 1. The van der Waals surface area contributed by atoms with Gasteiger partial charge in [-0.15, -0.1) is 0 Å². The highest BCUT2D eigenvalue weighted by Crippen LogP contribution is 2.53. The van der Waals surface area contributed by atoms with Gasteiger partial charge >= 0.3 is 0 Å². The SMILES string of the molecule is C=CC1=CC[C@H]2C(=O)C(C)=CC(=O)[C@@]2(Br)[C@H]1c1ccc(O)cc1. The van der Waals surface area contributed by atoms with Crippen LogP contribution in [0.2, 0.25) is 0 Å². The van der Waals surface area contributed by atoms with Gasteiger partial charge in [0, 0.05) is 11.8 Å². The van der Waals surface area contributed by atoms with Crippen molar-refractivity contribution in [3.8, 4) is 5.75 Å². The summed E-state index contributed by atoms with van der Waals surface area (Å²) in [5.41, 5.74) is 2.29. The van der Waals surface area contributed by atoms with Gasteiger partial charge in [0.1, 0.15) is 10.1 Å². The summed E-state index contributed by atoms with van der Waals surface area (Å²) in [5, 5.41) is 9.53. The van der Waals surface area contributed by atoms with E-state index < -0.39 is 10.2 Å². The van der Waals surface area contributed by atoms with Crippen LogP contribution < -0.4 is 0 Å². The van der Waals surface area contributed by atoms with Crippen molar-refractivity contribution < 1.29 is 14.7 Å². The second kappa shape index (κ2) is 5.60. The maximum absolute atomic E-state index is 12.8. The van der Waals surface area contributed by atoms with E-state index in [-0.39, 0.29) is 23.2 Å². The topological polar surface area (TPSA) is 54.4 Å². The molecule has 3 nitrogen and oxygen atoms in total. The number of rotatable bonds is 2. The zero-order chi connectivity index (χ0) is 16.8. The van der Waals surface area contributed by atoms with Crippen molar-refractivity contribution >= 4 is 27.5 Å². The van der Waals surface area contributed by atoms with Gasteiger partial charge in [-0.25, -0.2) is 0 Å². The first kappa shape index (κ1) is 15.9. The fourth-order valence-electron chi connectivity index (χ4n) is 3.55. The van der Waals surface area contributed by atoms with Crippen molar-refractivity contribution in [2.24, 2.45) is 5.92 Å². The molecule has 0 saturated carbocycles. The number of carbonyl (C=O) groups is 2. The number of aromatic hydroxyl groups is 1. The molecule has 0 amide bonds. The van der Waals surface area contributed by atoms with Crippen molar-refractivity contribution in [1.82, 2.24) is 0 Å². The Bertz CT molecular complexity index is 757. The van der Waals surface area contributed by atoms with E-state index in [0.29, 0.717) is 12.0 Å². The third kappa shape index (κ3) is 2.32. The van der Waals surface area contributed by atoms with Crippen LogP contribution in [0.25, 0.3) is 0 Å². The lowest BCUT2D eigenvalue weighted by molar-refractivity contribution is -0.128. The first-order chi connectivity index (χ1) is 10.9. The molecule has 0 unspecified atom stereocenters. The zero-order valence-electron chi connectivity index (χ0n) is 12.8. The van der Waals surface area contributed by atoms with E-state index in [4.69, 9.17) is 0 Å². The van der Waals surface area contributed by atoms with E-state index in [9.17, 15) is 14.7 Å². The van der Waals surface area contributed by atoms with Crippen LogP contribution in [0.15, 0.2) is 60.2 Å². The Morgan fingerprint density at radius 3 is 2.57 bits per heavy atom. The van der Waals surface area contributed by atoms with Gasteiger partial charge in [0.2, 0.25) is 0 Å². The van der Waals surface area contributed by atoms with E-state index in [0.717, 1.165) is 11.1 Å². The standard InChI is InChI=1S/C19H17BrO3/c1-3-12-6-9-15-18(23)11(2)10-16(22)19(15,20)17(12)13-4-7-14(21)8-5-13/h3-8,10,15,17,21H,1,9H2,2H3/t15-,17+,19+/m0/s1. The Labute approximate surface area is 143 Å². The van der Waals surface area contributed by atoms with E-state index >= 15 is 0 Å². The van der Waals surface area contributed by atoms with Gasteiger partial charge in [0.05, 0.1) is 0 Å². The Morgan fingerprint density at radius 2 is 1.96 bits per heavy atom. The van der Waals surface area contributed by atoms with Crippen LogP contribution in [0.1, 0.15) is 24.8 Å². The van der Waals surface area contributed by atoms with Crippen LogP contribution in [-0.4, -0.2) is 21.0 Å². The first-order valence-electron chi connectivity index (χ1n) is 7.47. The third-order valence-electron chi connectivity index (χ3n) is 4.74. The Kier molecular flexibility index (Phi) is 3.88. The molecule has 0 aromatic heterocycles. The minimum absolute atomic E-state index is 0.00427. The summed E-state index contributed by atoms with van der Waals surface area (Å²) in [6.45, 7) is 5.54. The number of ketones is 2. The number of carbonyl (C=O) groups excluding carboxylic acids is 2. The molecule has 2 aliphatic rings. The van der Waals surface area contributed by atoms with Crippen molar-refractivity contribution in [2.75, 3.05) is 0 Å². The molecule has 0 bridgehead atoms. The average Bonchev–Trinajstić information content (AvgIpc) is 2.53. The molecule has 1 aromatic carbocycles. The van der Waals surface area contributed by atoms with Crippen molar-refractivity contribution in [1.29, 1.82) is 0 Å². The second-order valence-corrected chi connectivity index (χ2v) is 7.36. The minimum Gasteiger partial charge on any atom is -0.508 e. The largest absolute Gasteiger partial charge is 0.508 e. The van der Waals surface area contributed by atoms with E-state index in [1.807, 2.05) is 6.08 Å². The highest BCUT2D eigenvalue weighted by molar-refractivity contribution is 9.10. The van der Waals surface area contributed by atoms with Crippen LogP contribution >= 0.6 is 15.9 Å². The van der Waals surface area contributed by atoms with Gasteiger partial charge in [-0.05, 0) is 48.3 Å². The van der Waals surface area contributed by atoms with Crippen LogP contribution in [0.5, 0.6) is 5.75 Å². The normalized spacial score (nSPS) is 30.3. The number of phenols is 1. The predicted molar refractivity (Wildman–Crippen MR) is 92.7 cm³/mol. The number of allylic oxidation sites excluding steroid dienone is 5.